The Kier molecular flexibility index (Phi) is 4.51. The van der Waals surface area contributed by atoms with E-state index in [-0.39, 0.29) is 5.82 Å². The molecule has 1 aliphatic rings. The number of ether oxygens (including phenoxy) is 1. The molecule has 4 nitrogen and oxygen atoms in total. The minimum atomic E-state index is -0.246. The fourth-order valence-electron chi connectivity index (χ4n) is 2.98. The van der Waals surface area contributed by atoms with Gasteiger partial charge < -0.3 is 14.6 Å². The number of piperidine rings is 1. The van der Waals surface area contributed by atoms with Gasteiger partial charge in [-0.2, -0.15) is 0 Å². The van der Waals surface area contributed by atoms with Crippen LogP contribution in [0.2, 0.25) is 0 Å². The zero-order valence-electron chi connectivity index (χ0n) is 12.4. The van der Waals surface area contributed by atoms with Gasteiger partial charge >= 0.3 is 0 Å². The lowest BCUT2D eigenvalue weighted by Gasteiger charge is -2.30. The highest BCUT2D eigenvalue weighted by molar-refractivity contribution is 5.75. The zero-order chi connectivity index (χ0) is 14.7. The van der Waals surface area contributed by atoms with Crippen LogP contribution in [-0.4, -0.2) is 47.7 Å². The lowest BCUT2D eigenvalue weighted by Crippen LogP contribution is -2.35. The molecule has 0 radical (unpaired) electrons. The van der Waals surface area contributed by atoms with Gasteiger partial charge in [-0.3, -0.25) is 0 Å². The first kappa shape index (κ1) is 14.5. The molecule has 1 fully saturated rings. The maximum Gasteiger partial charge on any atom is 0.151 e. The van der Waals surface area contributed by atoms with Gasteiger partial charge in [-0.1, -0.05) is 6.07 Å². The fourth-order valence-corrected chi connectivity index (χ4v) is 2.98. The summed E-state index contributed by atoms with van der Waals surface area (Å²) in [6, 6.07) is 5.06. The zero-order valence-corrected chi connectivity index (χ0v) is 12.4. The molecule has 114 valence electrons. The second-order valence-corrected chi connectivity index (χ2v) is 5.57. The molecular formula is C16H22FN3O. The standard InChI is InChI=1S/C16H22FN3O/c1-2-21-11-10-20-8-6-12(7-9-20)16-18-14-5-3-4-13(17)15(14)19-16/h3-5,12H,2,6-11H2,1H3,(H,18,19). The van der Waals surface area contributed by atoms with Crippen LogP contribution in [0.5, 0.6) is 0 Å². The molecule has 0 aliphatic carbocycles. The number of fused-ring (bicyclic) bond motifs is 1. The summed E-state index contributed by atoms with van der Waals surface area (Å²) in [5, 5.41) is 0. The Hall–Kier alpha value is -1.46. The van der Waals surface area contributed by atoms with Gasteiger partial charge in [0.1, 0.15) is 11.3 Å². The Bertz CT molecular complexity index is 590. The summed E-state index contributed by atoms with van der Waals surface area (Å²) in [6.07, 6.45) is 2.13. The smallest absolute Gasteiger partial charge is 0.151 e. The summed E-state index contributed by atoms with van der Waals surface area (Å²) in [5.41, 5.74) is 1.26. The average Bonchev–Trinajstić information content (AvgIpc) is 2.94. The summed E-state index contributed by atoms with van der Waals surface area (Å²) < 4.78 is 19.1. The third-order valence-electron chi connectivity index (χ3n) is 4.21. The van der Waals surface area contributed by atoms with Gasteiger partial charge in [0.2, 0.25) is 0 Å². The summed E-state index contributed by atoms with van der Waals surface area (Å²) >= 11 is 0. The number of rotatable bonds is 5. The summed E-state index contributed by atoms with van der Waals surface area (Å²) in [5.74, 6) is 1.09. The van der Waals surface area contributed by atoms with Gasteiger partial charge in [0.05, 0.1) is 12.1 Å². The van der Waals surface area contributed by atoms with Gasteiger partial charge in [0.25, 0.3) is 0 Å². The number of imidazole rings is 1. The Morgan fingerprint density at radius 2 is 2.19 bits per heavy atom. The molecule has 1 aliphatic heterocycles. The predicted molar refractivity (Wildman–Crippen MR) is 81.0 cm³/mol. The Morgan fingerprint density at radius 1 is 1.38 bits per heavy atom. The van der Waals surface area contributed by atoms with E-state index in [1.165, 1.54) is 6.07 Å². The molecule has 0 saturated carbocycles. The number of nitrogens with one attached hydrogen (secondary N) is 1. The molecular weight excluding hydrogens is 269 g/mol. The largest absolute Gasteiger partial charge is 0.380 e. The molecule has 5 heteroatoms. The second-order valence-electron chi connectivity index (χ2n) is 5.57. The van der Waals surface area contributed by atoms with Crippen LogP contribution >= 0.6 is 0 Å². The van der Waals surface area contributed by atoms with E-state index in [0.717, 1.165) is 57.0 Å². The van der Waals surface area contributed by atoms with Crippen LogP contribution in [-0.2, 0) is 4.74 Å². The number of benzene rings is 1. The van der Waals surface area contributed by atoms with Gasteiger partial charge in [0.15, 0.2) is 5.82 Å². The lowest BCUT2D eigenvalue weighted by molar-refractivity contribution is 0.102. The van der Waals surface area contributed by atoms with Gasteiger partial charge in [-0.05, 0) is 45.0 Å². The van der Waals surface area contributed by atoms with Crippen LogP contribution in [0.1, 0.15) is 31.5 Å². The normalized spacial score (nSPS) is 17.6. The van der Waals surface area contributed by atoms with E-state index >= 15 is 0 Å². The number of hydrogen-bond donors (Lipinski definition) is 1. The fraction of sp³-hybridized carbons (Fsp3) is 0.562. The van der Waals surface area contributed by atoms with E-state index in [9.17, 15) is 4.39 Å². The summed E-state index contributed by atoms with van der Waals surface area (Å²) in [7, 11) is 0. The molecule has 21 heavy (non-hydrogen) atoms. The molecule has 0 atom stereocenters. The number of hydrogen-bond acceptors (Lipinski definition) is 3. The molecule has 1 N–H and O–H groups in total. The number of para-hydroxylation sites is 1. The number of aromatic amines is 1. The molecule has 0 amide bonds. The third-order valence-corrected chi connectivity index (χ3v) is 4.21. The summed E-state index contributed by atoms with van der Waals surface area (Å²) in [6.45, 7) is 6.70. The molecule has 0 bridgehead atoms. The number of H-pyrrole nitrogens is 1. The highest BCUT2D eigenvalue weighted by Crippen LogP contribution is 2.28. The van der Waals surface area contributed by atoms with Crippen molar-refractivity contribution in [2.24, 2.45) is 0 Å². The van der Waals surface area contributed by atoms with Crippen LogP contribution in [0.25, 0.3) is 11.0 Å². The monoisotopic (exact) mass is 291 g/mol. The lowest BCUT2D eigenvalue weighted by atomic mass is 9.96. The van der Waals surface area contributed by atoms with E-state index in [2.05, 4.69) is 14.9 Å². The maximum atomic E-state index is 13.7. The van der Waals surface area contributed by atoms with Crippen LogP contribution in [0.15, 0.2) is 18.2 Å². The van der Waals surface area contributed by atoms with Crippen molar-refractivity contribution in [3.8, 4) is 0 Å². The van der Waals surface area contributed by atoms with E-state index in [0.29, 0.717) is 11.4 Å². The Morgan fingerprint density at radius 3 is 2.90 bits per heavy atom. The predicted octanol–water partition coefficient (Wildman–Crippen LogP) is 2.92. The van der Waals surface area contributed by atoms with Crippen molar-refractivity contribution in [3.05, 3.63) is 29.8 Å². The average molecular weight is 291 g/mol. The van der Waals surface area contributed by atoms with E-state index in [4.69, 9.17) is 4.74 Å². The molecule has 1 aromatic heterocycles. The minimum absolute atomic E-state index is 0.246. The maximum absolute atomic E-state index is 13.7. The topological polar surface area (TPSA) is 41.1 Å². The van der Waals surface area contributed by atoms with Crippen LogP contribution in [0.3, 0.4) is 0 Å². The van der Waals surface area contributed by atoms with Crippen molar-refractivity contribution in [2.75, 3.05) is 32.8 Å². The van der Waals surface area contributed by atoms with Crippen LogP contribution in [0, 0.1) is 5.82 Å². The van der Waals surface area contributed by atoms with Gasteiger partial charge in [-0.25, -0.2) is 9.37 Å². The van der Waals surface area contributed by atoms with Crippen molar-refractivity contribution < 1.29 is 9.13 Å². The molecule has 3 rings (SSSR count). The molecule has 1 saturated heterocycles. The van der Waals surface area contributed by atoms with Crippen LogP contribution < -0.4 is 0 Å². The SMILES string of the molecule is CCOCCN1CCC(c2nc3c(F)cccc3[nH]2)CC1. The van der Waals surface area contributed by atoms with Crippen molar-refractivity contribution in [1.82, 2.24) is 14.9 Å². The van der Waals surface area contributed by atoms with E-state index in [1.807, 2.05) is 13.0 Å². The number of likely N-dealkylation sites (tertiary alicyclic amines) is 1. The minimum Gasteiger partial charge on any atom is -0.380 e. The highest BCUT2D eigenvalue weighted by atomic mass is 19.1. The van der Waals surface area contributed by atoms with Gasteiger partial charge in [-0.15, -0.1) is 0 Å². The van der Waals surface area contributed by atoms with Crippen LogP contribution in [0.4, 0.5) is 4.39 Å². The first-order valence-electron chi connectivity index (χ1n) is 7.72. The van der Waals surface area contributed by atoms with E-state index < -0.39 is 0 Å². The quantitative estimate of drug-likeness (QED) is 0.861. The molecule has 2 aromatic rings. The van der Waals surface area contributed by atoms with Crippen molar-refractivity contribution in [3.63, 3.8) is 0 Å². The molecule has 1 aromatic carbocycles. The Balaban J connectivity index is 1.62. The Labute approximate surface area is 124 Å². The molecule has 0 unspecified atom stereocenters. The van der Waals surface area contributed by atoms with Gasteiger partial charge in [0, 0.05) is 19.1 Å². The first-order valence-corrected chi connectivity index (χ1v) is 7.72. The van der Waals surface area contributed by atoms with E-state index in [1.54, 1.807) is 6.07 Å². The molecule has 0 spiro atoms. The second kappa shape index (κ2) is 6.54. The highest BCUT2D eigenvalue weighted by Gasteiger charge is 2.23. The number of nitrogens with zero attached hydrogens (tertiary/aromatic N) is 2. The first-order chi connectivity index (χ1) is 10.3. The van der Waals surface area contributed by atoms with Crippen molar-refractivity contribution in [1.29, 1.82) is 0 Å². The molecule has 2 heterocycles. The number of halogens is 1. The third kappa shape index (κ3) is 3.24. The number of aromatic nitrogens is 2. The van der Waals surface area contributed by atoms with Crippen molar-refractivity contribution >= 4 is 11.0 Å². The van der Waals surface area contributed by atoms with Crippen molar-refractivity contribution in [2.45, 2.75) is 25.7 Å². The summed E-state index contributed by atoms with van der Waals surface area (Å²) in [4.78, 5) is 10.2.